The zero-order valence-corrected chi connectivity index (χ0v) is 26.1. The van der Waals surface area contributed by atoms with Gasteiger partial charge in [0.2, 0.25) is 0 Å². The first kappa shape index (κ1) is 33.3. The Hall–Kier alpha value is -4.59. The van der Waals surface area contributed by atoms with Crippen molar-refractivity contribution in [3.8, 4) is 23.6 Å². The highest BCUT2D eigenvalue weighted by Crippen LogP contribution is 2.33. The fraction of sp³-hybridized carbons (Fsp3) is 0.344. The van der Waals surface area contributed by atoms with Gasteiger partial charge >= 0.3 is 0 Å². The Morgan fingerprint density at radius 1 is 0.756 bits per heavy atom. The number of aromatic hydroxyl groups is 2. The number of nitriles is 2. The molecule has 4 aliphatic heterocycles. The van der Waals surface area contributed by atoms with E-state index in [-0.39, 0.29) is 28.9 Å². The molecule has 4 heterocycles. The highest BCUT2D eigenvalue weighted by atomic mass is 32.2. The number of hydrogen-bond acceptors (Lipinski definition) is 11. The maximum Gasteiger partial charge on any atom is 0.286 e. The van der Waals surface area contributed by atoms with Crippen LogP contribution in [0.5, 0.6) is 11.5 Å². The third kappa shape index (κ3) is 9.45. The Bertz CT molecular complexity index is 1610. The van der Waals surface area contributed by atoms with E-state index in [0.29, 0.717) is 33.6 Å². The van der Waals surface area contributed by atoms with Crippen LogP contribution >= 0.6 is 23.5 Å². The summed E-state index contributed by atoms with van der Waals surface area (Å²) in [5.41, 5.74) is 1.41. The number of nitrogens with zero attached hydrogens (tertiary/aromatic N) is 6. The van der Waals surface area contributed by atoms with E-state index in [1.54, 1.807) is 23.9 Å². The number of carbonyl (C=O) groups is 3. The molecule has 0 radical (unpaired) electrons. The molecule has 0 saturated carbocycles. The first-order chi connectivity index (χ1) is 21.8. The van der Waals surface area contributed by atoms with E-state index in [1.165, 1.54) is 67.8 Å². The van der Waals surface area contributed by atoms with Gasteiger partial charge < -0.3 is 20.0 Å². The fourth-order valence-electron chi connectivity index (χ4n) is 4.76. The maximum atomic E-state index is 12.0. The zero-order valence-electron chi connectivity index (χ0n) is 24.5. The molecule has 2 saturated heterocycles. The Balaban J connectivity index is 0.000000169. The van der Waals surface area contributed by atoms with Crippen LogP contribution in [0.15, 0.2) is 51.3 Å². The van der Waals surface area contributed by atoms with E-state index in [0.717, 1.165) is 49.4 Å². The van der Waals surface area contributed by atoms with Crippen molar-refractivity contribution in [2.24, 2.45) is 9.98 Å². The Labute approximate surface area is 270 Å². The molecule has 45 heavy (non-hydrogen) atoms. The zero-order chi connectivity index (χ0) is 32.2. The minimum absolute atomic E-state index is 0.0283. The van der Waals surface area contributed by atoms with E-state index in [9.17, 15) is 19.5 Å². The minimum atomic E-state index is -0.285. The Morgan fingerprint density at radius 3 is 1.80 bits per heavy atom. The van der Waals surface area contributed by atoms with Gasteiger partial charge in [-0.1, -0.05) is 11.8 Å². The molecule has 13 heteroatoms. The second kappa shape index (κ2) is 16.5. The summed E-state index contributed by atoms with van der Waals surface area (Å²) < 4.78 is 0. The van der Waals surface area contributed by atoms with E-state index in [4.69, 9.17) is 15.6 Å². The SMILES string of the molecule is N#Cc1ccc(O)c(/C=C2\SC(N3CCCCC3)=NC2=O)c1.N#Cc1ccc(O)c(C=O)c1.O=C1CSC(N2CCCCC2)=N1. The van der Waals surface area contributed by atoms with Crippen LogP contribution in [-0.2, 0) is 9.59 Å². The van der Waals surface area contributed by atoms with Crippen LogP contribution in [-0.4, -0.2) is 80.4 Å². The molecule has 0 unspecified atom stereocenters. The third-order valence-electron chi connectivity index (χ3n) is 7.13. The molecular formula is C32H32N6O5S2. The number of carbonyl (C=O) groups excluding carboxylic acids is 3. The van der Waals surface area contributed by atoms with Gasteiger partial charge in [-0.3, -0.25) is 14.4 Å². The number of phenolic OH excluding ortho intramolecular Hbond substituents is 2. The van der Waals surface area contributed by atoms with Crippen LogP contribution in [0.1, 0.15) is 65.6 Å². The highest BCUT2D eigenvalue weighted by molar-refractivity contribution is 8.18. The summed E-state index contributed by atoms with van der Waals surface area (Å²) in [6.45, 7) is 4.03. The quantitative estimate of drug-likeness (QED) is 0.337. The molecule has 0 atom stereocenters. The number of amidine groups is 2. The van der Waals surface area contributed by atoms with Gasteiger partial charge in [0, 0.05) is 31.7 Å². The van der Waals surface area contributed by atoms with Crippen LogP contribution in [0.2, 0.25) is 0 Å². The molecular weight excluding hydrogens is 613 g/mol. The average Bonchev–Trinajstić information content (AvgIpc) is 3.68. The lowest BCUT2D eigenvalue weighted by atomic mass is 10.1. The first-order valence-corrected chi connectivity index (χ1v) is 16.3. The third-order valence-corrected chi connectivity index (χ3v) is 9.18. The number of benzene rings is 2. The lowest BCUT2D eigenvalue weighted by Crippen LogP contribution is -2.33. The normalized spacial score (nSPS) is 18.5. The van der Waals surface area contributed by atoms with Crippen molar-refractivity contribution in [3.63, 3.8) is 0 Å². The molecule has 0 bridgehead atoms. The first-order valence-electron chi connectivity index (χ1n) is 14.5. The van der Waals surface area contributed by atoms with Crippen LogP contribution in [0, 0.1) is 22.7 Å². The smallest absolute Gasteiger partial charge is 0.286 e. The number of amides is 2. The number of phenols is 2. The monoisotopic (exact) mass is 644 g/mol. The topological polar surface area (TPSA) is 170 Å². The molecule has 2 aromatic rings. The van der Waals surface area contributed by atoms with Crippen molar-refractivity contribution in [2.45, 2.75) is 38.5 Å². The number of likely N-dealkylation sites (tertiary alicyclic amines) is 2. The van der Waals surface area contributed by atoms with Gasteiger partial charge in [0.25, 0.3) is 11.8 Å². The van der Waals surface area contributed by atoms with Crippen molar-refractivity contribution in [1.82, 2.24) is 9.80 Å². The molecule has 232 valence electrons. The molecule has 2 amide bonds. The van der Waals surface area contributed by atoms with Gasteiger partial charge in [-0.05, 0) is 92.8 Å². The summed E-state index contributed by atoms with van der Waals surface area (Å²) in [4.78, 5) is 46.1. The van der Waals surface area contributed by atoms with Crippen molar-refractivity contribution < 1.29 is 24.6 Å². The van der Waals surface area contributed by atoms with Crippen LogP contribution in [0.25, 0.3) is 6.08 Å². The predicted molar refractivity (Wildman–Crippen MR) is 175 cm³/mol. The average molecular weight is 645 g/mol. The Kier molecular flexibility index (Phi) is 12.2. The molecule has 0 spiro atoms. The Morgan fingerprint density at radius 2 is 1.29 bits per heavy atom. The lowest BCUT2D eigenvalue weighted by molar-refractivity contribution is -0.115. The van der Waals surface area contributed by atoms with Gasteiger partial charge in [-0.15, -0.1) is 0 Å². The van der Waals surface area contributed by atoms with Gasteiger partial charge in [-0.2, -0.15) is 20.5 Å². The summed E-state index contributed by atoms with van der Waals surface area (Å²) in [6.07, 6.45) is 9.39. The second-order valence-corrected chi connectivity index (χ2v) is 12.3. The number of aliphatic imine (C=N–C) groups is 2. The largest absolute Gasteiger partial charge is 0.507 e. The van der Waals surface area contributed by atoms with Crippen molar-refractivity contribution in [3.05, 3.63) is 63.6 Å². The number of piperidine rings is 2. The summed E-state index contributed by atoms with van der Waals surface area (Å²) in [6, 6.07) is 12.5. The van der Waals surface area contributed by atoms with Crippen molar-refractivity contribution >= 4 is 58.0 Å². The molecule has 2 N–H and O–H groups in total. The van der Waals surface area contributed by atoms with E-state index >= 15 is 0 Å². The molecule has 2 fully saturated rings. The number of rotatable bonds is 2. The molecule has 11 nitrogen and oxygen atoms in total. The molecule has 2 aromatic carbocycles. The van der Waals surface area contributed by atoms with E-state index in [1.807, 2.05) is 12.1 Å². The van der Waals surface area contributed by atoms with Gasteiger partial charge in [0.05, 0.1) is 39.5 Å². The summed E-state index contributed by atoms with van der Waals surface area (Å²) in [5, 5.41) is 37.9. The standard InChI is InChI=1S/C16H15N3O2S.C8H12N2OS.C8H5NO2/c17-10-11-4-5-13(20)12(8-11)9-14-15(21)18-16(22-14)19-6-2-1-3-7-19;11-7-6-12-8(9-7)10-4-2-1-3-5-10;9-4-6-1-2-8(11)7(3-6)5-10/h4-5,8-9,20H,1-3,6-7H2;1-6H2;1-3,5,11H/b14-9-;;. The summed E-state index contributed by atoms with van der Waals surface area (Å²) in [5.74, 6) is 0.240. The number of thioether (sulfide) groups is 2. The lowest BCUT2D eigenvalue weighted by Gasteiger charge is -2.27. The molecule has 0 aromatic heterocycles. The minimum Gasteiger partial charge on any atom is -0.507 e. The predicted octanol–water partition coefficient (Wildman–Crippen LogP) is 4.90. The van der Waals surface area contributed by atoms with Gasteiger partial charge in [0.15, 0.2) is 16.6 Å². The highest BCUT2D eigenvalue weighted by Gasteiger charge is 2.27. The second-order valence-electron chi connectivity index (χ2n) is 10.4. The van der Waals surface area contributed by atoms with Crippen molar-refractivity contribution in [2.75, 3.05) is 31.9 Å². The summed E-state index contributed by atoms with van der Waals surface area (Å²) in [7, 11) is 0. The molecule has 4 aliphatic rings. The van der Waals surface area contributed by atoms with Crippen LogP contribution < -0.4 is 0 Å². The van der Waals surface area contributed by atoms with Crippen LogP contribution in [0.4, 0.5) is 0 Å². The molecule has 6 rings (SSSR count). The van der Waals surface area contributed by atoms with Crippen LogP contribution in [0.3, 0.4) is 0 Å². The maximum absolute atomic E-state index is 12.0. The molecule has 0 aliphatic carbocycles. The van der Waals surface area contributed by atoms with E-state index < -0.39 is 0 Å². The number of aldehydes is 1. The fourth-order valence-corrected chi connectivity index (χ4v) is 6.57. The summed E-state index contributed by atoms with van der Waals surface area (Å²) >= 11 is 2.92. The van der Waals surface area contributed by atoms with Crippen molar-refractivity contribution in [1.29, 1.82) is 10.5 Å². The van der Waals surface area contributed by atoms with E-state index in [2.05, 4.69) is 19.8 Å². The number of hydrogen-bond donors (Lipinski definition) is 2. The van der Waals surface area contributed by atoms with Gasteiger partial charge in [-0.25, -0.2) is 0 Å². The van der Waals surface area contributed by atoms with Gasteiger partial charge in [0.1, 0.15) is 11.5 Å².